The van der Waals surface area contributed by atoms with Crippen LogP contribution in [0.2, 0.25) is 4.55 Å². The highest BCUT2D eigenvalue weighted by Gasteiger charge is 2.15. The van der Waals surface area contributed by atoms with Crippen LogP contribution in [0.5, 0.6) is 0 Å². The molecule has 1 unspecified atom stereocenters. The van der Waals surface area contributed by atoms with E-state index in [-0.39, 0.29) is 23.8 Å². The third kappa shape index (κ3) is 8.51. The predicted molar refractivity (Wildman–Crippen MR) is 68.2 cm³/mol. The standard InChI is InChI=1S/C11H23O.BrH.Mg/c1-6-10(2)8-7-9-11(3,4)12-5;;/h10H,1,6-9H2,2-5H3;1H;/q;;+1/p-1. The summed E-state index contributed by atoms with van der Waals surface area (Å²) in [5.41, 5.74) is 0.0733. The van der Waals surface area contributed by atoms with Gasteiger partial charge in [0.15, 0.2) is 0 Å². The Balaban J connectivity index is 3.43. The molecule has 0 radical (unpaired) electrons. The van der Waals surface area contributed by atoms with Crippen molar-refractivity contribution in [3.05, 3.63) is 0 Å². The third-order valence-corrected chi connectivity index (χ3v) is 5.22. The van der Waals surface area contributed by atoms with Crippen LogP contribution in [0.1, 0.15) is 46.5 Å². The van der Waals surface area contributed by atoms with Crippen LogP contribution in [0.3, 0.4) is 0 Å². The molecule has 0 aliphatic heterocycles. The Morgan fingerprint density at radius 2 is 2.00 bits per heavy atom. The fourth-order valence-electron chi connectivity index (χ4n) is 1.55. The van der Waals surface area contributed by atoms with Gasteiger partial charge in [0.25, 0.3) is 0 Å². The van der Waals surface area contributed by atoms with Gasteiger partial charge in [-0.15, -0.1) is 4.55 Å². The van der Waals surface area contributed by atoms with E-state index in [1.807, 2.05) is 0 Å². The summed E-state index contributed by atoms with van der Waals surface area (Å²) in [5, 5.41) is 0. The minimum Gasteiger partial charge on any atom is -0.379 e. The van der Waals surface area contributed by atoms with E-state index in [9.17, 15) is 0 Å². The molecule has 0 N–H and O–H groups in total. The topological polar surface area (TPSA) is 9.23 Å². The highest BCUT2D eigenvalue weighted by molar-refractivity contribution is 9.23. The summed E-state index contributed by atoms with van der Waals surface area (Å²) in [6.45, 7) is 6.71. The Morgan fingerprint density at radius 1 is 1.36 bits per heavy atom. The molecular formula is C11H23BrMgO. The van der Waals surface area contributed by atoms with Crippen molar-refractivity contribution < 1.29 is 4.74 Å². The first kappa shape index (κ1) is 15.2. The van der Waals surface area contributed by atoms with Gasteiger partial charge in [-0.05, 0) is 26.2 Å². The van der Waals surface area contributed by atoms with Crippen LogP contribution in [0.4, 0.5) is 0 Å². The van der Waals surface area contributed by atoms with Crippen molar-refractivity contribution in [3.8, 4) is 0 Å². The van der Waals surface area contributed by atoms with E-state index in [1.165, 1.54) is 30.2 Å². The summed E-state index contributed by atoms with van der Waals surface area (Å²) in [6, 6.07) is 0. The second-order valence-corrected chi connectivity index (χ2v) is 8.26. The van der Waals surface area contributed by atoms with E-state index in [1.54, 1.807) is 7.11 Å². The predicted octanol–water partition coefficient (Wildman–Crippen LogP) is 4.04. The van der Waals surface area contributed by atoms with Crippen LogP contribution in [0.15, 0.2) is 0 Å². The molecule has 0 rings (SSSR count). The van der Waals surface area contributed by atoms with Gasteiger partial charge in [0, 0.05) is 7.11 Å². The Bertz CT molecular complexity index is 139. The van der Waals surface area contributed by atoms with E-state index in [2.05, 4.69) is 33.7 Å². The molecule has 0 aromatic carbocycles. The zero-order chi connectivity index (χ0) is 11.0. The van der Waals surface area contributed by atoms with Gasteiger partial charge < -0.3 is 17.6 Å². The van der Waals surface area contributed by atoms with E-state index in [4.69, 9.17) is 4.74 Å². The van der Waals surface area contributed by atoms with Crippen molar-refractivity contribution in [2.75, 3.05) is 7.11 Å². The Hall–Kier alpha value is 1.21. The Morgan fingerprint density at radius 3 is 2.50 bits per heavy atom. The number of ether oxygens (including phenoxy) is 1. The average Bonchev–Trinajstić information content (AvgIpc) is 2.14. The zero-order valence-corrected chi connectivity index (χ0v) is 13.1. The molecule has 0 heterocycles. The molecule has 0 aromatic heterocycles. The van der Waals surface area contributed by atoms with Gasteiger partial charge in [0.1, 0.15) is 0 Å². The lowest BCUT2D eigenvalue weighted by atomic mass is 9.95. The van der Waals surface area contributed by atoms with Gasteiger partial charge in [-0.2, -0.15) is 0 Å². The lowest BCUT2D eigenvalue weighted by Crippen LogP contribution is -2.22. The fraction of sp³-hybridized carbons (Fsp3) is 1.00. The fourth-order valence-corrected chi connectivity index (χ4v) is 3.37. The molecule has 0 saturated heterocycles. The maximum atomic E-state index is 5.40. The number of hydrogen-bond acceptors (Lipinski definition) is 1. The summed E-state index contributed by atoms with van der Waals surface area (Å²) in [6.07, 6.45) is 5.24. The quantitative estimate of drug-likeness (QED) is 0.608. The summed E-state index contributed by atoms with van der Waals surface area (Å²) in [4.78, 5) is 0. The molecule has 0 spiro atoms. The zero-order valence-electron chi connectivity index (χ0n) is 10.1. The average molecular weight is 276 g/mol. The van der Waals surface area contributed by atoms with Crippen LogP contribution in [0.25, 0.3) is 0 Å². The highest BCUT2D eigenvalue weighted by atomic mass is 79.9. The lowest BCUT2D eigenvalue weighted by molar-refractivity contribution is 0.0127. The number of hydrogen-bond donors (Lipinski definition) is 0. The van der Waals surface area contributed by atoms with Crippen LogP contribution in [-0.2, 0) is 4.74 Å². The highest BCUT2D eigenvalue weighted by Crippen LogP contribution is 2.21. The van der Waals surface area contributed by atoms with Crippen LogP contribution < -0.4 is 0 Å². The van der Waals surface area contributed by atoms with E-state index in [0.29, 0.717) is 0 Å². The van der Waals surface area contributed by atoms with Crippen molar-refractivity contribution in [1.82, 2.24) is 0 Å². The largest absolute Gasteiger partial charge is 0.468 e. The minimum atomic E-state index is 0.0733. The molecule has 0 saturated carbocycles. The minimum absolute atomic E-state index is 0.0733. The molecule has 0 bridgehead atoms. The molecule has 82 valence electrons. The number of methoxy groups -OCH3 is 1. The van der Waals surface area contributed by atoms with Gasteiger partial charge >= 0.3 is 18.2 Å². The lowest BCUT2D eigenvalue weighted by Gasteiger charge is -2.23. The number of halogens is 1. The van der Waals surface area contributed by atoms with E-state index in [0.717, 1.165) is 5.92 Å². The molecule has 0 aromatic rings. The first-order valence-electron chi connectivity index (χ1n) is 5.63. The van der Waals surface area contributed by atoms with Crippen molar-refractivity contribution in [1.29, 1.82) is 0 Å². The van der Waals surface area contributed by atoms with Crippen molar-refractivity contribution in [3.63, 3.8) is 0 Å². The molecule has 0 amide bonds. The summed E-state index contributed by atoms with van der Waals surface area (Å²) in [7, 11) is 1.81. The Labute approximate surface area is 105 Å². The second kappa shape index (κ2) is 8.37. The van der Waals surface area contributed by atoms with Crippen LogP contribution in [-0.4, -0.2) is 30.9 Å². The van der Waals surface area contributed by atoms with Gasteiger partial charge in [-0.3, -0.25) is 0 Å². The summed E-state index contributed by atoms with van der Waals surface area (Å²) < 4.78 is 6.84. The second-order valence-electron chi connectivity index (χ2n) is 4.79. The molecule has 1 atom stereocenters. The van der Waals surface area contributed by atoms with Gasteiger partial charge in [0.05, 0.1) is 5.60 Å². The molecule has 14 heavy (non-hydrogen) atoms. The van der Waals surface area contributed by atoms with Crippen molar-refractivity contribution >= 4 is 31.1 Å². The van der Waals surface area contributed by atoms with Gasteiger partial charge in [-0.1, -0.05) is 26.2 Å². The molecular weight excluding hydrogens is 252 g/mol. The van der Waals surface area contributed by atoms with Crippen molar-refractivity contribution in [2.45, 2.75) is 56.6 Å². The smallest absolute Gasteiger partial charge is 0.379 e. The Kier molecular flexibility index (Phi) is 9.09. The summed E-state index contributed by atoms with van der Waals surface area (Å²) >= 11 is 3.71. The first-order valence-corrected chi connectivity index (χ1v) is 10.5. The molecule has 1 nitrogen and oxygen atoms in total. The maximum Gasteiger partial charge on any atom is 0.468 e. The molecule has 0 aliphatic rings. The van der Waals surface area contributed by atoms with Crippen LogP contribution in [0, 0.1) is 5.92 Å². The van der Waals surface area contributed by atoms with Gasteiger partial charge in [-0.25, -0.2) is 0 Å². The van der Waals surface area contributed by atoms with Crippen LogP contribution >= 0.6 is 12.9 Å². The molecule has 0 aliphatic carbocycles. The monoisotopic (exact) mass is 274 g/mol. The van der Waals surface area contributed by atoms with Gasteiger partial charge in [0.2, 0.25) is 0 Å². The summed E-state index contributed by atoms with van der Waals surface area (Å²) in [5.74, 6) is 0.896. The first-order chi connectivity index (χ1) is 6.52. The molecule has 0 fully saturated rings. The van der Waals surface area contributed by atoms with E-state index >= 15 is 0 Å². The molecule has 3 heteroatoms. The SMILES string of the molecule is COC(C)(C)CCCC(C)C[CH2][Mg][Br]. The van der Waals surface area contributed by atoms with E-state index < -0.39 is 0 Å². The maximum absolute atomic E-state index is 5.40. The normalized spacial score (nSPS) is 13.8. The third-order valence-electron chi connectivity index (χ3n) is 2.86. The van der Waals surface area contributed by atoms with Crippen molar-refractivity contribution in [2.24, 2.45) is 5.92 Å². The number of rotatable bonds is 8.